The Morgan fingerprint density at radius 1 is 1.60 bits per heavy atom. The van der Waals surface area contributed by atoms with Gasteiger partial charge in [-0.15, -0.1) is 0 Å². The fourth-order valence-electron chi connectivity index (χ4n) is 0.472. The zero-order valence-corrected chi connectivity index (χ0v) is 5.65. The highest BCUT2D eigenvalue weighted by Gasteiger charge is 2.18. The van der Waals surface area contributed by atoms with Crippen molar-refractivity contribution in [2.75, 3.05) is 0 Å². The van der Waals surface area contributed by atoms with Crippen molar-refractivity contribution in [3.05, 3.63) is 0 Å². The van der Waals surface area contributed by atoms with Crippen molar-refractivity contribution in [2.24, 2.45) is 0 Å². The Labute approximate surface area is 58.5 Å². The van der Waals surface area contributed by atoms with E-state index in [0.717, 1.165) is 0 Å². The largest absolute Gasteiger partial charge is 0.390 e. The molecule has 4 nitrogen and oxygen atoms in total. The van der Waals surface area contributed by atoms with Crippen LogP contribution >= 0.6 is 0 Å². The molecule has 0 aromatic heterocycles. The van der Waals surface area contributed by atoms with Gasteiger partial charge in [-0.1, -0.05) is 0 Å². The van der Waals surface area contributed by atoms with Gasteiger partial charge in [0.15, 0.2) is 5.78 Å². The van der Waals surface area contributed by atoms with Crippen molar-refractivity contribution in [1.29, 1.82) is 0 Å². The van der Waals surface area contributed by atoms with Crippen LogP contribution in [-0.4, -0.2) is 34.5 Å². The molecule has 0 heterocycles. The molecule has 4 heteroatoms. The van der Waals surface area contributed by atoms with E-state index >= 15 is 0 Å². The minimum atomic E-state index is -1.43. The smallest absolute Gasteiger partial charge is 0.170 e. The summed E-state index contributed by atoms with van der Waals surface area (Å²) in [5.41, 5.74) is 0. The first kappa shape index (κ1) is 9.26. The molecule has 0 spiro atoms. The van der Waals surface area contributed by atoms with E-state index in [-0.39, 0.29) is 6.42 Å². The third-order valence-corrected chi connectivity index (χ3v) is 1.07. The number of rotatable bonds is 4. The van der Waals surface area contributed by atoms with Crippen LogP contribution in [0.5, 0.6) is 0 Å². The predicted octanol–water partition coefficient (Wildman–Crippen LogP) is -1.11. The average molecular weight is 146 g/mol. The summed E-state index contributed by atoms with van der Waals surface area (Å²) in [6.07, 6.45) is -2.47. The Hall–Kier alpha value is -0.740. The monoisotopic (exact) mass is 146 g/mol. The van der Waals surface area contributed by atoms with Crippen molar-refractivity contribution in [2.45, 2.75) is 25.6 Å². The normalized spacial score (nSPS) is 15.9. The number of hydrogen-bond acceptors (Lipinski definition) is 4. The lowest BCUT2D eigenvalue weighted by Gasteiger charge is -2.09. The molecule has 2 atom stereocenters. The van der Waals surface area contributed by atoms with Gasteiger partial charge in [-0.3, -0.25) is 4.79 Å². The first-order chi connectivity index (χ1) is 4.59. The lowest BCUT2D eigenvalue weighted by Crippen LogP contribution is -2.31. The molecular weight excluding hydrogens is 136 g/mol. The molecule has 0 rings (SSSR count). The average Bonchev–Trinajstić information content (AvgIpc) is 1.87. The van der Waals surface area contributed by atoms with Gasteiger partial charge >= 0.3 is 0 Å². The first-order valence-corrected chi connectivity index (χ1v) is 2.92. The van der Waals surface area contributed by atoms with Crippen LogP contribution in [0, 0.1) is 0 Å². The summed E-state index contributed by atoms with van der Waals surface area (Å²) in [7, 11) is 0. The van der Waals surface area contributed by atoms with E-state index in [2.05, 4.69) is 0 Å². The number of hydrogen-bond donors (Lipinski definition) is 2. The van der Waals surface area contributed by atoms with Crippen molar-refractivity contribution in [3.63, 3.8) is 0 Å². The molecule has 58 valence electrons. The molecule has 10 heavy (non-hydrogen) atoms. The fraction of sp³-hybridized carbons (Fsp3) is 0.667. The SMILES string of the molecule is C[C@H](O)[C@H](O)C(=O)CC=O. The van der Waals surface area contributed by atoms with Crippen LogP contribution in [0.3, 0.4) is 0 Å². The second-order valence-electron chi connectivity index (χ2n) is 2.02. The topological polar surface area (TPSA) is 74.6 Å². The van der Waals surface area contributed by atoms with Gasteiger partial charge in [0.1, 0.15) is 12.4 Å². The molecule has 0 fully saturated rings. The van der Waals surface area contributed by atoms with Gasteiger partial charge in [0, 0.05) is 0 Å². The van der Waals surface area contributed by atoms with Gasteiger partial charge < -0.3 is 15.0 Å². The molecule has 0 aliphatic heterocycles. The van der Waals surface area contributed by atoms with E-state index in [0.29, 0.717) is 6.29 Å². The third-order valence-electron chi connectivity index (χ3n) is 1.07. The maximum absolute atomic E-state index is 10.5. The maximum atomic E-state index is 10.5. The van der Waals surface area contributed by atoms with Crippen molar-refractivity contribution >= 4 is 12.1 Å². The van der Waals surface area contributed by atoms with Crippen molar-refractivity contribution in [3.8, 4) is 0 Å². The number of carbonyl (C=O) groups is 2. The van der Waals surface area contributed by atoms with Gasteiger partial charge in [-0.05, 0) is 6.92 Å². The quantitative estimate of drug-likeness (QED) is 0.389. The summed E-state index contributed by atoms with van der Waals surface area (Å²) in [6, 6.07) is 0. The summed E-state index contributed by atoms with van der Waals surface area (Å²) in [5, 5.41) is 17.4. The van der Waals surface area contributed by atoms with Gasteiger partial charge in [0.25, 0.3) is 0 Å². The van der Waals surface area contributed by atoms with Crippen LogP contribution in [0.15, 0.2) is 0 Å². The Bertz CT molecular complexity index is 130. The summed E-state index contributed by atoms with van der Waals surface area (Å²) >= 11 is 0. The summed E-state index contributed by atoms with van der Waals surface area (Å²) in [5.74, 6) is -0.648. The molecule has 0 radical (unpaired) electrons. The fourth-order valence-corrected chi connectivity index (χ4v) is 0.472. The molecule has 0 saturated carbocycles. The van der Waals surface area contributed by atoms with Gasteiger partial charge in [0.05, 0.1) is 12.5 Å². The molecule has 0 saturated heterocycles. The van der Waals surface area contributed by atoms with E-state index < -0.39 is 18.0 Å². The van der Waals surface area contributed by atoms with E-state index in [1.54, 1.807) is 0 Å². The van der Waals surface area contributed by atoms with E-state index in [1.165, 1.54) is 6.92 Å². The van der Waals surface area contributed by atoms with E-state index in [1.807, 2.05) is 0 Å². The third kappa shape index (κ3) is 2.70. The highest BCUT2D eigenvalue weighted by Crippen LogP contribution is 1.95. The number of aldehydes is 1. The van der Waals surface area contributed by atoms with Gasteiger partial charge in [-0.25, -0.2) is 0 Å². The van der Waals surface area contributed by atoms with Crippen molar-refractivity contribution < 1.29 is 19.8 Å². The van der Waals surface area contributed by atoms with Crippen LogP contribution in [0.4, 0.5) is 0 Å². The Morgan fingerprint density at radius 3 is 2.40 bits per heavy atom. The number of carbonyl (C=O) groups excluding carboxylic acids is 2. The summed E-state index contributed by atoms with van der Waals surface area (Å²) < 4.78 is 0. The van der Waals surface area contributed by atoms with Crippen LogP contribution in [-0.2, 0) is 9.59 Å². The second-order valence-corrected chi connectivity index (χ2v) is 2.02. The predicted molar refractivity (Wildman–Crippen MR) is 33.4 cm³/mol. The first-order valence-electron chi connectivity index (χ1n) is 2.92. The second kappa shape index (κ2) is 4.14. The Morgan fingerprint density at radius 2 is 2.10 bits per heavy atom. The maximum Gasteiger partial charge on any atom is 0.170 e. The Balaban J connectivity index is 3.81. The molecule has 0 amide bonds. The summed E-state index contributed by atoms with van der Waals surface area (Å²) in [6.45, 7) is 1.29. The van der Waals surface area contributed by atoms with E-state index in [9.17, 15) is 9.59 Å². The van der Waals surface area contributed by atoms with Crippen LogP contribution in [0.1, 0.15) is 13.3 Å². The lowest BCUT2D eigenvalue weighted by molar-refractivity contribution is -0.133. The molecule has 0 aromatic carbocycles. The molecule has 0 aliphatic rings. The van der Waals surface area contributed by atoms with Crippen LogP contribution in [0.2, 0.25) is 0 Å². The number of Topliss-reactive ketones (excluding diaryl/α,β-unsaturated/α-hetero) is 1. The lowest BCUT2D eigenvalue weighted by atomic mass is 10.1. The highest BCUT2D eigenvalue weighted by atomic mass is 16.3. The molecular formula is C6H10O4. The molecule has 0 unspecified atom stereocenters. The minimum absolute atomic E-state index is 0.341. The molecule has 0 aromatic rings. The number of aliphatic hydroxyl groups is 2. The van der Waals surface area contributed by atoms with Crippen molar-refractivity contribution in [1.82, 2.24) is 0 Å². The molecule has 2 N–H and O–H groups in total. The van der Waals surface area contributed by atoms with Gasteiger partial charge in [-0.2, -0.15) is 0 Å². The minimum Gasteiger partial charge on any atom is -0.390 e. The zero-order chi connectivity index (χ0) is 8.15. The van der Waals surface area contributed by atoms with Crippen LogP contribution in [0.25, 0.3) is 0 Å². The molecule has 0 aliphatic carbocycles. The standard InChI is InChI=1S/C6H10O4/c1-4(8)6(10)5(9)2-3-7/h3-4,6,8,10H,2H2,1H3/t4-,6-/m0/s1. The number of ketones is 1. The van der Waals surface area contributed by atoms with E-state index in [4.69, 9.17) is 10.2 Å². The molecule has 0 bridgehead atoms. The Kier molecular flexibility index (Phi) is 3.83. The van der Waals surface area contributed by atoms with Gasteiger partial charge in [0.2, 0.25) is 0 Å². The number of aliphatic hydroxyl groups excluding tert-OH is 2. The zero-order valence-electron chi connectivity index (χ0n) is 5.65. The summed E-state index contributed by atoms with van der Waals surface area (Å²) in [4.78, 5) is 20.3. The van der Waals surface area contributed by atoms with Crippen LogP contribution < -0.4 is 0 Å². The highest BCUT2D eigenvalue weighted by molar-refractivity contribution is 5.93.